The molecule has 1 atom stereocenters. The minimum atomic E-state index is -0.784. The summed E-state index contributed by atoms with van der Waals surface area (Å²) in [6.45, 7) is 6.53. The Morgan fingerprint density at radius 2 is 0.582 bits per heavy atom. The van der Waals surface area contributed by atoms with E-state index in [1.807, 2.05) is 0 Å². The number of ether oxygens (including phenoxy) is 3. The molecule has 0 aromatic carbocycles. The van der Waals surface area contributed by atoms with Gasteiger partial charge in [0.25, 0.3) is 0 Å². The highest BCUT2D eigenvalue weighted by Crippen LogP contribution is 2.16. The maximum atomic E-state index is 12.9. The Hall–Kier alpha value is -2.89. The van der Waals surface area contributed by atoms with Crippen LogP contribution >= 0.6 is 0 Å². The highest BCUT2D eigenvalue weighted by Gasteiger charge is 2.19. The van der Waals surface area contributed by atoms with Crippen LogP contribution in [-0.4, -0.2) is 37.2 Å². The Bertz CT molecular complexity index is 1210. The Morgan fingerprint density at radius 1 is 0.313 bits per heavy atom. The van der Waals surface area contributed by atoms with Crippen LogP contribution in [0.25, 0.3) is 0 Å². The monoisotopic (exact) mass is 937 g/mol. The summed E-state index contributed by atoms with van der Waals surface area (Å²) in [5.41, 5.74) is 0. The molecule has 0 saturated carbocycles. The summed E-state index contributed by atoms with van der Waals surface area (Å²) in [6.07, 6.45) is 69.2. The molecule has 0 spiro atoms. The summed E-state index contributed by atoms with van der Waals surface area (Å²) < 4.78 is 16.9. The maximum absolute atomic E-state index is 12.9. The van der Waals surface area contributed by atoms with Crippen LogP contribution in [-0.2, 0) is 28.6 Å². The number of hydrogen-bond acceptors (Lipinski definition) is 6. The molecule has 0 aliphatic rings. The third-order valence-electron chi connectivity index (χ3n) is 12.5. The van der Waals surface area contributed by atoms with Gasteiger partial charge in [-0.2, -0.15) is 0 Å². The molecule has 0 fully saturated rings. The van der Waals surface area contributed by atoms with Crippen LogP contribution in [0.3, 0.4) is 0 Å². The first-order valence-corrected chi connectivity index (χ1v) is 28.8. The van der Waals surface area contributed by atoms with Crippen molar-refractivity contribution in [2.45, 2.75) is 297 Å². The van der Waals surface area contributed by atoms with E-state index in [0.717, 1.165) is 96.3 Å². The van der Waals surface area contributed by atoms with Crippen molar-refractivity contribution in [3.63, 3.8) is 0 Å². The minimum absolute atomic E-state index is 0.0808. The summed E-state index contributed by atoms with van der Waals surface area (Å²) in [5.74, 6) is -0.900. The molecular weight excluding hydrogens is 829 g/mol. The first-order valence-electron chi connectivity index (χ1n) is 28.8. The molecule has 0 bridgehead atoms. The van der Waals surface area contributed by atoms with Gasteiger partial charge in [-0.15, -0.1) is 0 Å². The van der Waals surface area contributed by atoms with Crippen LogP contribution in [0.4, 0.5) is 0 Å². The van der Waals surface area contributed by atoms with Gasteiger partial charge in [0.15, 0.2) is 6.10 Å². The van der Waals surface area contributed by atoms with Crippen molar-refractivity contribution in [2.75, 3.05) is 13.2 Å². The van der Waals surface area contributed by atoms with Gasteiger partial charge in [-0.25, -0.2) is 0 Å². The zero-order valence-corrected chi connectivity index (χ0v) is 44.4. The molecule has 388 valence electrons. The van der Waals surface area contributed by atoms with Crippen molar-refractivity contribution in [3.8, 4) is 0 Å². The van der Waals surface area contributed by atoms with Crippen molar-refractivity contribution in [3.05, 3.63) is 60.8 Å². The zero-order chi connectivity index (χ0) is 48.6. The van der Waals surface area contributed by atoms with E-state index in [1.165, 1.54) is 154 Å². The molecule has 0 aromatic heterocycles. The maximum Gasteiger partial charge on any atom is 0.306 e. The largest absolute Gasteiger partial charge is 0.462 e. The summed E-state index contributed by atoms with van der Waals surface area (Å²) in [7, 11) is 0. The van der Waals surface area contributed by atoms with Crippen molar-refractivity contribution in [2.24, 2.45) is 0 Å². The van der Waals surface area contributed by atoms with Crippen LogP contribution in [0.2, 0.25) is 0 Å². The molecule has 67 heavy (non-hydrogen) atoms. The number of carbonyl (C=O) groups excluding carboxylic acids is 3. The lowest BCUT2D eigenvalue weighted by Crippen LogP contribution is -2.30. The Kier molecular flexibility index (Phi) is 53.3. The molecule has 0 aromatic rings. The fourth-order valence-electron chi connectivity index (χ4n) is 8.24. The number of carbonyl (C=O) groups is 3. The number of allylic oxidation sites excluding steroid dienone is 10. The van der Waals surface area contributed by atoms with Crippen molar-refractivity contribution < 1.29 is 28.6 Å². The van der Waals surface area contributed by atoms with E-state index in [2.05, 4.69) is 81.5 Å². The second-order valence-electron chi connectivity index (χ2n) is 19.2. The van der Waals surface area contributed by atoms with Crippen molar-refractivity contribution >= 4 is 17.9 Å². The lowest BCUT2D eigenvalue weighted by atomic mass is 10.0. The fourth-order valence-corrected chi connectivity index (χ4v) is 8.24. The number of rotatable bonds is 52. The van der Waals surface area contributed by atoms with E-state index in [9.17, 15) is 14.4 Å². The third kappa shape index (κ3) is 53.9. The summed E-state index contributed by atoms with van der Waals surface area (Å²) >= 11 is 0. The average Bonchev–Trinajstić information content (AvgIpc) is 3.33. The topological polar surface area (TPSA) is 78.9 Å². The molecule has 0 heterocycles. The number of esters is 3. The van der Waals surface area contributed by atoms with Crippen LogP contribution in [0, 0.1) is 0 Å². The Labute approximate surface area is 415 Å². The summed E-state index contributed by atoms with van der Waals surface area (Å²) in [6, 6.07) is 0. The van der Waals surface area contributed by atoms with Gasteiger partial charge in [0.1, 0.15) is 13.2 Å². The van der Waals surface area contributed by atoms with Gasteiger partial charge >= 0.3 is 17.9 Å². The van der Waals surface area contributed by atoms with Crippen LogP contribution < -0.4 is 0 Å². The molecule has 1 unspecified atom stereocenters. The van der Waals surface area contributed by atoms with Gasteiger partial charge in [0.05, 0.1) is 0 Å². The second kappa shape index (κ2) is 55.7. The first-order chi connectivity index (χ1) is 33.0. The van der Waals surface area contributed by atoms with E-state index in [1.54, 1.807) is 0 Å². The Balaban J connectivity index is 4.40. The smallest absolute Gasteiger partial charge is 0.306 e. The van der Waals surface area contributed by atoms with E-state index < -0.39 is 6.10 Å². The van der Waals surface area contributed by atoms with Crippen LogP contribution in [0.1, 0.15) is 290 Å². The average molecular weight is 938 g/mol. The normalized spacial score (nSPS) is 12.5. The molecule has 6 heteroatoms. The highest BCUT2D eigenvalue weighted by molar-refractivity contribution is 5.71. The Morgan fingerprint density at radius 3 is 0.910 bits per heavy atom. The van der Waals surface area contributed by atoms with E-state index in [-0.39, 0.29) is 31.1 Å². The predicted molar refractivity (Wildman–Crippen MR) is 288 cm³/mol. The van der Waals surface area contributed by atoms with Crippen molar-refractivity contribution in [1.82, 2.24) is 0 Å². The van der Waals surface area contributed by atoms with Gasteiger partial charge < -0.3 is 14.2 Å². The van der Waals surface area contributed by atoms with Gasteiger partial charge in [-0.3, -0.25) is 14.4 Å². The SMILES string of the molecule is CC/C=C\C/C=C\C/C=C\C/C=C\C/C=C\CCCCCC(=O)OCC(COC(=O)CCCCCCCCCCCCCCC)OC(=O)CCCCCCCCCCCCCCCCCCC. The molecule has 0 radical (unpaired) electrons. The minimum Gasteiger partial charge on any atom is -0.462 e. The zero-order valence-electron chi connectivity index (χ0n) is 44.4. The fraction of sp³-hybridized carbons (Fsp3) is 0.787. The summed E-state index contributed by atoms with van der Waals surface area (Å²) in [5, 5.41) is 0. The van der Waals surface area contributed by atoms with Crippen molar-refractivity contribution in [1.29, 1.82) is 0 Å². The summed E-state index contributed by atoms with van der Waals surface area (Å²) in [4.78, 5) is 38.1. The van der Waals surface area contributed by atoms with E-state index in [4.69, 9.17) is 14.2 Å². The standard InChI is InChI=1S/C61H108O6/c1-4-7-10-13-16-19-22-25-27-29-30-32-33-36-39-42-45-48-51-54-60(63)66-57-58(56-65-59(62)53-50-47-44-41-38-35-24-21-18-15-12-9-6-3)67-61(64)55-52-49-46-43-40-37-34-31-28-26-23-20-17-14-11-8-5-2/h7,10,16,19,25,27,30,32,36,39,58H,4-6,8-9,11-15,17-18,20-24,26,28-29,31,33-35,37-38,40-57H2,1-3H3/b10-7-,19-16-,27-25-,32-30-,39-36-. The predicted octanol–water partition coefficient (Wildman–Crippen LogP) is 19.2. The molecule has 0 rings (SSSR count). The molecular formula is C61H108O6. The van der Waals surface area contributed by atoms with Gasteiger partial charge in [-0.1, -0.05) is 268 Å². The molecule has 0 aliphatic carbocycles. The number of unbranched alkanes of at least 4 members (excludes halogenated alkanes) is 31. The lowest BCUT2D eigenvalue weighted by molar-refractivity contribution is -0.167. The molecule has 0 saturated heterocycles. The third-order valence-corrected chi connectivity index (χ3v) is 12.5. The molecule has 0 aliphatic heterocycles. The van der Waals surface area contributed by atoms with E-state index >= 15 is 0 Å². The van der Waals surface area contributed by atoms with E-state index in [0.29, 0.717) is 19.3 Å². The lowest BCUT2D eigenvalue weighted by Gasteiger charge is -2.18. The van der Waals surface area contributed by atoms with Gasteiger partial charge in [0.2, 0.25) is 0 Å². The van der Waals surface area contributed by atoms with Crippen LogP contribution in [0.5, 0.6) is 0 Å². The second-order valence-corrected chi connectivity index (χ2v) is 19.2. The molecule has 0 N–H and O–H groups in total. The molecule has 6 nitrogen and oxygen atoms in total. The first kappa shape index (κ1) is 64.1. The quantitative estimate of drug-likeness (QED) is 0.0262. The number of hydrogen-bond donors (Lipinski definition) is 0. The van der Waals surface area contributed by atoms with Gasteiger partial charge in [0, 0.05) is 19.3 Å². The highest BCUT2D eigenvalue weighted by atomic mass is 16.6. The molecule has 0 amide bonds. The van der Waals surface area contributed by atoms with Gasteiger partial charge in [-0.05, 0) is 64.2 Å². The van der Waals surface area contributed by atoms with Crippen LogP contribution in [0.15, 0.2) is 60.8 Å².